The van der Waals surface area contributed by atoms with Crippen LogP contribution < -0.4 is 0 Å². The first-order chi connectivity index (χ1) is 9.81. The highest BCUT2D eigenvalue weighted by molar-refractivity contribution is 8.00. The van der Waals surface area contributed by atoms with Gasteiger partial charge in [0.2, 0.25) is 0 Å². The van der Waals surface area contributed by atoms with Gasteiger partial charge in [-0.3, -0.25) is 4.90 Å². The van der Waals surface area contributed by atoms with Gasteiger partial charge in [-0.05, 0) is 30.9 Å². The molecular weight excluding hydrogens is 270 g/mol. The Morgan fingerprint density at radius 1 is 1.40 bits per heavy atom. The Bertz CT molecular complexity index is 473. The van der Waals surface area contributed by atoms with Crippen molar-refractivity contribution in [3.63, 3.8) is 0 Å². The van der Waals surface area contributed by atoms with Gasteiger partial charge in [-0.15, -0.1) is 0 Å². The van der Waals surface area contributed by atoms with Crippen LogP contribution in [0.3, 0.4) is 0 Å². The number of furan rings is 1. The molecule has 0 amide bonds. The molecule has 0 unspecified atom stereocenters. The minimum absolute atomic E-state index is 0.662. The van der Waals surface area contributed by atoms with Gasteiger partial charge in [0.1, 0.15) is 11.5 Å². The quantitative estimate of drug-likeness (QED) is 0.855. The van der Waals surface area contributed by atoms with Gasteiger partial charge in [-0.1, -0.05) is 6.92 Å². The third kappa shape index (κ3) is 2.53. The van der Waals surface area contributed by atoms with Crippen molar-refractivity contribution >= 4 is 11.8 Å². The number of nitrogens with zero attached hydrogens (tertiary/aromatic N) is 1. The molecule has 2 aliphatic heterocycles. The van der Waals surface area contributed by atoms with Gasteiger partial charge < -0.3 is 9.15 Å². The summed E-state index contributed by atoms with van der Waals surface area (Å²) in [5, 5.41) is 0.662. The SMILES string of the molecule is C[C@@H]1C[C@@H]1c1ccc(CN2CCS[C@H]3COCC[C@@H]32)o1. The Kier molecular flexibility index (Phi) is 3.57. The molecule has 0 N–H and O–H groups in total. The second-order valence-corrected chi connectivity index (χ2v) is 7.78. The highest BCUT2D eigenvalue weighted by Gasteiger charge is 2.37. The van der Waals surface area contributed by atoms with Gasteiger partial charge in [-0.25, -0.2) is 0 Å². The molecule has 1 saturated carbocycles. The van der Waals surface area contributed by atoms with E-state index >= 15 is 0 Å². The van der Waals surface area contributed by atoms with Gasteiger partial charge in [0.05, 0.1) is 13.2 Å². The fourth-order valence-electron chi connectivity index (χ4n) is 3.56. The van der Waals surface area contributed by atoms with E-state index in [-0.39, 0.29) is 0 Å². The molecule has 0 bridgehead atoms. The van der Waals surface area contributed by atoms with Crippen LogP contribution in [0.5, 0.6) is 0 Å². The van der Waals surface area contributed by atoms with Crippen LogP contribution >= 0.6 is 11.8 Å². The van der Waals surface area contributed by atoms with Gasteiger partial charge in [0, 0.05) is 36.1 Å². The normalized spacial score (nSPS) is 37.6. The lowest BCUT2D eigenvalue weighted by Crippen LogP contribution is -2.51. The molecule has 1 aromatic rings. The highest BCUT2D eigenvalue weighted by atomic mass is 32.2. The van der Waals surface area contributed by atoms with E-state index in [0.29, 0.717) is 17.2 Å². The summed E-state index contributed by atoms with van der Waals surface area (Å²) in [5.41, 5.74) is 0. The van der Waals surface area contributed by atoms with Crippen molar-refractivity contribution in [3.05, 3.63) is 23.7 Å². The highest BCUT2D eigenvalue weighted by Crippen LogP contribution is 2.47. The molecule has 1 aromatic heterocycles. The summed E-state index contributed by atoms with van der Waals surface area (Å²) >= 11 is 2.08. The van der Waals surface area contributed by atoms with E-state index in [9.17, 15) is 0 Å². The number of fused-ring (bicyclic) bond motifs is 1. The predicted octanol–water partition coefficient (Wildman–Crippen LogP) is 3.11. The first-order valence-corrected chi connectivity index (χ1v) is 8.88. The van der Waals surface area contributed by atoms with Crippen molar-refractivity contribution in [1.29, 1.82) is 0 Å². The van der Waals surface area contributed by atoms with Crippen LogP contribution in [0.25, 0.3) is 0 Å². The largest absolute Gasteiger partial charge is 0.464 e. The number of ether oxygens (including phenoxy) is 1. The standard InChI is InChI=1S/C16H23NO2S/c1-11-8-13(11)15-3-2-12(19-15)9-17-5-7-20-16-10-18-6-4-14(16)17/h2-3,11,13-14,16H,4-10H2,1H3/t11-,13+,14+,16+/m1/s1. The van der Waals surface area contributed by atoms with E-state index in [2.05, 4.69) is 35.7 Å². The summed E-state index contributed by atoms with van der Waals surface area (Å²) in [4.78, 5) is 2.61. The molecule has 3 heterocycles. The maximum absolute atomic E-state index is 6.08. The third-order valence-corrected chi connectivity index (χ3v) is 6.26. The Morgan fingerprint density at radius 3 is 3.15 bits per heavy atom. The van der Waals surface area contributed by atoms with E-state index in [1.165, 1.54) is 30.9 Å². The Labute approximate surface area is 125 Å². The van der Waals surface area contributed by atoms with E-state index < -0.39 is 0 Å². The summed E-state index contributed by atoms with van der Waals surface area (Å²) < 4.78 is 11.7. The van der Waals surface area contributed by atoms with E-state index in [1.807, 2.05) is 0 Å². The third-order valence-electron chi connectivity index (χ3n) is 4.96. The summed E-state index contributed by atoms with van der Waals surface area (Å²) in [6, 6.07) is 5.07. The fraction of sp³-hybridized carbons (Fsp3) is 0.750. The van der Waals surface area contributed by atoms with Crippen molar-refractivity contribution in [1.82, 2.24) is 4.90 Å². The average molecular weight is 293 g/mol. The Morgan fingerprint density at radius 2 is 2.30 bits per heavy atom. The van der Waals surface area contributed by atoms with Crippen molar-refractivity contribution < 1.29 is 9.15 Å². The van der Waals surface area contributed by atoms with Gasteiger partial charge >= 0.3 is 0 Å². The zero-order chi connectivity index (χ0) is 13.5. The molecule has 0 radical (unpaired) electrons. The number of hydrogen-bond donors (Lipinski definition) is 0. The lowest BCUT2D eigenvalue weighted by molar-refractivity contribution is 0.0327. The first kappa shape index (κ1) is 13.2. The minimum Gasteiger partial charge on any atom is -0.464 e. The topological polar surface area (TPSA) is 25.6 Å². The van der Waals surface area contributed by atoms with Crippen molar-refractivity contribution in [2.75, 3.05) is 25.5 Å². The van der Waals surface area contributed by atoms with Crippen LogP contribution in [0, 0.1) is 5.92 Å². The summed E-state index contributed by atoms with van der Waals surface area (Å²) in [5.74, 6) is 5.09. The van der Waals surface area contributed by atoms with E-state index in [4.69, 9.17) is 9.15 Å². The summed E-state index contributed by atoms with van der Waals surface area (Å²) in [7, 11) is 0. The molecule has 0 spiro atoms. The van der Waals surface area contributed by atoms with Crippen LogP contribution in [0.1, 0.15) is 37.2 Å². The maximum Gasteiger partial charge on any atom is 0.118 e. The molecule has 4 atom stereocenters. The van der Waals surface area contributed by atoms with Crippen LogP contribution in [-0.4, -0.2) is 41.7 Å². The van der Waals surface area contributed by atoms with E-state index in [0.717, 1.165) is 31.4 Å². The number of thioether (sulfide) groups is 1. The molecule has 3 aliphatic rings. The molecule has 0 aromatic carbocycles. The first-order valence-electron chi connectivity index (χ1n) is 7.83. The molecule has 3 fully saturated rings. The summed E-state index contributed by atoms with van der Waals surface area (Å²) in [6.07, 6.45) is 2.47. The predicted molar refractivity (Wildman–Crippen MR) is 81.1 cm³/mol. The number of rotatable bonds is 3. The monoisotopic (exact) mass is 293 g/mol. The lowest BCUT2D eigenvalue weighted by atomic mass is 10.1. The zero-order valence-electron chi connectivity index (χ0n) is 12.1. The van der Waals surface area contributed by atoms with Gasteiger partial charge in [0.15, 0.2) is 0 Å². The molecule has 110 valence electrons. The van der Waals surface area contributed by atoms with Crippen molar-refractivity contribution in [3.8, 4) is 0 Å². The number of hydrogen-bond acceptors (Lipinski definition) is 4. The van der Waals surface area contributed by atoms with Crippen LogP contribution in [0.2, 0.25) is 0 Å². The molecule has 2 saturated heterocycles. The molecular formula is C16H23NO2S. The lowest BCUT2D eigenvalue weighted by Gasteiger charge is -2.43. The Hall–Kier alpha value is -0.450. The molecule has 3 nitrogen and oxygen atoms in total. The molecule has 4 rings (SSSR count). The van der Waals surface area contributed by atoms with Crippen LogP contribution in [0.15, 0.2) is 16.5 Å². The smallest absolute Gasteiger partial charge is 0.118 e. The van der Waals surface area contributed by atoms with Crippen LogP contribution in [0.4, 0.5) is 0 Å². The molecule has 1 aliphatic carbocycles. The minimum atomic E-state index is 0.662. The second-order valence-electron chi connectivity index (χ2n) is 6.43. The second kappa shape index (κ2) is 5.39. The van der Waals surface area contributed by atoms with Crippen LogP contribution in [-0.2, 0) is 11.3 Å². The fourth-order valence-corrected chi connectivity index (χ4v) is 4.92. The summed E-state index contributed by atoms with van der Waals surface area (Å²) in [6.45, 7) is 6.31. The van der Waals surface area contributed by atoms with Crippen molar-refractivity contribution in [2.45, 2.75) is 43.5 Å². The average Bonchev–Trinajstić information content (AvgIpc) is 3.02. The molecule has 4 heteroatoms. The van der Waals surface area contributed by atoms with Gasteiger partial charge in [0.25, 0.3) is 0 Å². The maximum atomic E-state index is 6.08. The zero-order valence-corrected chi connectivity index (χ0v) is 12.9. The van der Waals surface area contributed by atoms with E-state index in [1.54, 1.807) is 0 Å². The molecule has 20 heavy (non-hydrogen) atoms. The van der Waals surface area contributed by atoms with Crippen molar-refractivity contribution in [2.24, 2.45) is 5.92 Å². The van der Waals surface area contributed by atoms with Gasteiger partial charge in [-0.2, -0.15) is 11.8 Å². The Balaban J connectivity index is 1.43.